The number of hydrogen-bond donors (Lipinski definition) is 1. The van der Waals surface area contributed by atoms with Gasteiger partial charge in [0, 0.05) is 17.2 Å². The molecule has 22 heavy (non-hydrogen) atoms. The van der Waals surface area contributed by atoms with Crippen molar-refractivity contribution in [1.29, 1.82) is 0 Å². The molecule has 8 heteroatoms. The minimum Gasteiger partial charge on any atom is -0.497 e. The minimum absolute atomic E-state index is 0.0295. The van der Waals surface area contributed by atoms with Gasteiger partial charge in [0.2, 0.25) is 5.91 Å². The Bertz CT molecular complexity index is 619. The second kappa shape index (κ2) is 9.02. The van der Waals surface area contributed by atoms with Gasteiger partial charge in [-0.15, -0.1) is 22.0 Å². The van der Waals surface area contributed by atoms with Gasteiger partial charge >= 0.3 is 0 Å². The molecule has 0 saturated heterocycles. The Morgan fingerprint density at radius 1 is 1.36 bits per heavy atom. The van der Waals surface area contributed by atoms with Crippen molar-refractivity contribution in [3.05, 3.63) is 29.3 Å². The van der Waals surface area contributed by atoms with Crippen LogP contribution >= 0.6 is 34.9 Å². The fraction of sp³-hybridized carbons (Fsp3) is 0.357. The predicted molar refractivity (Wildman–Crippen MR) is 92.1 cm³/mol. The number of amides is 1. The van der Waals surface area contributed by atoms with Crippen molar-refractivity contribution in [1.82, 2.24) is 15.5 Å². The number of benzene rings is 1. The Balaban J connectivity index is 1.63. The van der Waals surface area contributed by atoms with Crippen LogP contribution in [0.1, 0.15) is 5.01 Å². The van der Waals surface area contributed by atoms with Gasteiger partial charge < -0.3 is 10.1 Å². The first kappa shape index (κ1) is 17.1. The van der Waals surface area contributed by atoms with E-state index in [2.05, 4.69) is 15.5 Å². The Morgan fingerprint density at radius 2 is 2.23 bits per heavy atom. The summed E-state index contributed by atoms with van der Waals surface area (Å²) in [6.07, 6.45) is 0. The number of rotatable bonds is 8. The first-order chi connectivity index (χ1) is 10.7. The lowest BCUT2D eigenvalue weighted by atomic mass is 10.3. The van der Waals surface area contributed by atoms with Gasteiger partial charge in [-0.05, 0) is 25.1 Å². The van der Waals surface area contributed by atoms with Crippen molar-refractivity contribution >= 4 is 40.8 Å². The Hall–Kier alpha value is -1.25. The largest absolute Gasteiger partial charge is 0.497 e. The number of aromatic nitrogens is 2. The standard InChI is InChI=1S/C14H17N3O2S3/c1-10-16-17-14(22-10)20-7-6-15-13(18)9-21-12-5-3-4-11(8-12)19-2/h3-5,8H,6-7,9H2,1-2H3,(H,15,18). The van der Waals surface area contributed by atoms with Crippen LogP contribution in [0.2, 0.25) is 0 Å². The molecule has 0 atom stereocenters. The second-order valence-corrected chi connectivity index (χ2v) is 7.83. The number of carbonyl (C=O) groups is 1. The van der Waals surface area contributed by atoms with E-state index in [4.69, 9.17) is 4.74 Å². The van der Waals surface area contributed by atoms with E-state index in [0.29, 0.717) is 12.3 Å². The minimum atomic E-state index is 0.0295. The van der Waals surface area contributed by atoms with Crippen LogP contribution in [0, 0.1) is 6.92 Å². The molecule has 5 nitrogen and oxygen atoms in total. The smallest absolute Gasteiger partial charge is 0.230 e. The highest BCUT2D eigenvalue weighted by atomic mass is 32.2. The zero-order valence-electron chi connectivity index (χ0n) is 12.4. The number of thioether (sulfide) groups is 2. The molecule has 1 aromatic carbocycles. The van der Waals surface area contributed by atoms with Crippen LogP contribution in [0.25, 0.3) is 0 Å². The van der Waals surface area contributed by atoms with Gasteiger partial charge in [0.1, 0.15) is 10.8 Å². The molecule has 1 amide bonds. The Morgan fingerprint density at radius 3 is 2.95 bits per heavy atom. The highest BCUT2D eigenvalue weighted by Gasteiger charge is 2.05. The molecule has 0 radical (unpaired) electrons. The van der Waals surface area contributed by atoms with E-state index in [-0.39, 0.29) is 5.91 Å². The molecule has 0 bridgehead atoms. The lowest BCUT2D eigenvalue weighted by molar-refractivity contribution is -0.118. The number of nitrogens with one attached hydrogen (secondary N) is 1. The summed E-state index contributed by atoms with van der Waals surface area (Å²) >= 11 is 4.68. The molecule has 2 rings (SSSR count). The maximum absolute atomic E-state index is 11.8. The lowest BCUT2D eigenvalue weighted by Gasteiger charge is -2.05. The van der Waals surface area contributed by atoms with E-state index in [9.17, 15) is 4.79 Å². The summed E-state index contributed by atoms with van der Waals surface area (Å²) in [5.41, 5.74) is 0. The van der Waals surface area contributed by atoms with Gasteiger partial charge in [-0.3, -0.25) is 4.79 Å². The molecule has 0 saturated carbocycles. The van der Waals surface area contributed by atoms with Crippen molar-refractivity contribution in [3.63, 3.8) is 0 Å². The van der Waals surface area contributed by atoms with E-state index in [0.717, 1.165) is 25.7 Å². The highest BCUT2D eigenvalue weighted by Crippen LogP contribution is 2.23. The zero-order valence-corrected chi connectivity index (χ0v) is 14.8. The van der Waals surface area contributed by atoms with E-state index < -0.39 is 0 Å². The van der Waals surface area contributed by atoms with E-state index in [1.807, 2.05) is 31.2 Å². The third kappa shape index (κ3) is 5.86. The summed E-state index contributed by atoms with van der Waals surface area (Å²) < 4.78 is 6.10. The van der Waals surface area contributed by atoms with Crippen LogP contribution in [-0.4, -0.2) is 41.3 Å². The summed E-state index contributed by atoms with van der Waals surface area (Å²) in [5, 5.41) is 11.8. The van der Waals surface area contributed by atoms with Crippen molar-refractivity contribution in [3.8, 4) is 5.75 Å². The molecule has 118 valence electrons. The van der Waals surface area contributed by atoms with Crippen molar-refractivity contribution < 1.29 is 9.53 Å². The summed E-state index contributed by atoms with van der Waals surface area (Å²) in [6.45, 7) is 2.56. The Labute approximate surface area is 142 Å². The third-order valence-electron chi connectivity index (χ3n) is 2.57. The molecule has 2 aromatic rings. The molecule has 0 aliphatic carbocycles. The molecule has 0 spiro atoms. The predicted octanol–water partition coefficient (Wildman–Crippen LogP) is 2.86. The summed E-state index contributed by atoms with van der Waals surface area (Å²) in [7, 11) is 1.63. The van der Waals surface area contributed by atoms with Crippen LogP contribution in [0.15, 0.2) is 33.5 Å². The number of ether oxygens (including phenoxy) is 1. The van der Waals surface area contributed by atoms with E-state index in [1.165, 1.54) is 11.8 Å². The van der Waals surface area contributed by atoms with Crippen LogP contribution in [0.4, 0.5) is 0 Å². The number of hydrogen-bond acceptors (Lipinski definition) is 7. The van der Waals surface area contributed by atoms with Crippen LogP contribution in [0.3, 0.4) is 0 Å². The molecular weight excluding hydrogens is 338 g/mol. The molecule has 0 unspecified atom stereocenters. The lowest BCUT2D eigenvalue weighted by Crippen LogP contribution is -2.27. The third-order valence-corrected chi connectivity index (χ3v) is 5.54. The normalized spacial score (nSPS) is 10.5. The Kier molecular flexibility index (Phi) is 7.01. The summed E-state index contributed by atoms with van der Waals surface area (Å²) in [5.74, 6) is 2.02. The first-order valence-corrected chi connectivity index (χ1v) is 9.42. The van der Waals surface area contributed by atoms with Gasteiger partial charge in [-0.2, -0.15) is 0 Å². The number of nitrogens with zero attached hydrogens (tertiary/aromatic N) is 2. The maximum atomic E-state index is 11.8. The number of aryl methyl sites for hydroxylation is 1. The first-order valence-electron chi connectivity index (χ1n) is 6.64. The van der Waals surface area contributed by atoms with Gasteiger partial charge in [0.05, 0.1) is 12.9 Å². The molecule has 1 heterocycles. The molecular formula is C14H17N3O2S3. The topological polar surface area (TPSA) is 64.1 Å². The average Bonchev–Trinajstić information content (AvgIpc) is 2.95. The van der Waals surface area contributed by atoms with Crippen LogP contribution in [-0.2, 0) is 4.79 Å². The zero-order chi connectivity index (χ0) is 15.8. The molecule has 0 fully saturated rings. The van der Waals surface area contributed by atoms with Crippen molar-refractivity contribution in [2.45, 2.75) is 16.2 Å². The maximum Gasteiger partial charge on any atom is 0.230 e. The molecule has 0 aliphatic heterocycles. The second-order valence-electron chi connectivity index (χ2n) is 4.25. The number of methoxy groups -OCH3 is 1. The van der Waals surface area contributed by atoms with Gasteiger partial charge in [-0.25, -0.2) is 0 Å². The van der Waals surface area contributed by atoms with Gasteiger partial charge in [0.15, 0.2) is 4.34 Å². The van der Waals surface area contributed by atoms with Gasteiger partial charge in [-0.1, -0.05) is 29.2 Å². The van der Waals surface area contributed by atoms with E-state index >= 15 is 0 Å². The fourth-order valence-corrected chi connectivity index (χ4v) is 4.07. The molecule has 1 aromatic heterocycles. The van der Waals surface area contributed by atoms with E-state index in [1.54, 1.807) is 30.2 Å². The summed E-state index contributed by atoms with van der Waals surface area (Å²) in [4.78, 5) is 12.8. The quantitative estimate of drug-likeness (QED) is 0.580. The monoisotopic (exact) mass is 355 g/mol. The molecule has 0 aliphatic rings. The van der Waals surface area contributed by atoms with Crippen molar-refractivity contribution in [2.24, 2.45) is 0 Å². The SMILES string of the molecule is COc1cccc(SCC(=O)NCCSc2nnc(C)s2)c1. The van der Waals surface area contributed by atoms with Crippen LogP contribution in [0.5, 0.6) is 5.75 Å². The summed E-state index contributed by atoms with van der Waals surface area (Å²) in [6, 6.07) is 7.69. The fourth-order valence-electron chi connectivity index (χ4n) is 1.56. The van der Waals surface area contributed by atoms with Crippen molar-refractivity contribution in [2.75, 3.05) is 25.2 Å². The number of carbonyl (C=O) groups excluding carboxylic acids is 1. The highest BCUT2D eigenvalue weighted by molar-refractivity contribution is 8.01. The molecule has 1 N–H and O–H groups in total. The van der Waals surface area contributed by atoms with Crippen LogP contribution < -0.4 is 10.1 Å². The average molecular weight is 356 g/mol. The van der Waals surface area contributed by atoms with Gasteiger partial charge in [0.25, 0.3) is 0 Å².